The van der Waals surface area contributed by atoms with Crippen molar-refractivity contribution in [2.45, 2.75) is 13.1 Å². The van der Waals surface area contributed by atoms with Crippen LogP contribution >= 0.6 is 11.6 Å². The Labute approximate surface area is 141 Å². The number of ether oxygens (including phenoxy) is 1. The summed E-state index contributed by atoms with van der Waals surface area (Å²) in [6.45, 7) is 1.56. The molecule has 23 heavy (non-hydrogen) atoms. The third-order valence-corrected chi connectivity index (χ3v) is 4.01. The molecular weight excluding hydrogens is 308 g/mol. The summed E-state index contributed by atoms with van der Waals surface area (Å²) in [5.41, 5.74) is 3.43. The van der Waals surface area contributed by atoms with Crippen molar-refractivity contribution in [2.24, 2.45) is 0 Å². The third-order valence-electron chi connectivity index (χ3n) is 3.76. The Kier molecular flexibility index (Phi) is 4.89. The Morgan fingerprint density at radius 3 is 2.57 bits per heavy atom. The summed E-state index contributed by atoms with van der Waals surface area (Å²) in [6, 6.07) is 20.1. The molecule has 3 aromatic rings. The molecule has 0 amide bonds. The fraction of sp³-hybridized carbons (Fsp3) is 0.158. The lowest BCUT2D eigenvalue weighted by Gasteiger charge is -2.13. The first-order valence-corrected chi connectivity index (χ1v) is 7.89. The largest absolute Gasteiger partial charge is 0.495 e. The van der Waals surface area contributed by atoms with E-state index in [0.29, 0.717) is 0 Å². The van der Waals surface area contributed by atoms with E-state index in [-0.39, 0.29) is 0 Å². The van der Waals surface area contributed by atoms with Gasteiger partial charge in [0, 0.05) is 23.5 Å². The Morgan fingerprint density at radius 2 is 1.78 bits per heavy atom. The average Bonchev–Trinajstić information content (AvgIpc) is 3.02. The summed E-state index contributed by atoms with van der Waals surface area (Å²) in [4.78, 5) is 0. The molecule has 0 bridgehead atoms. The van der Waals surface area contributed by atoms with Gasteiger partial charge in [-0.2, -0.15) is 0 Å². The monoisotopic (exact) mass is 326 g/mol. The highest BCUT2D eigenvalue weighted by molar-refractivity contribution is 6.30. The summed E-state index contributed by atoms with van der Waals surface area (Å²) >= 11 is 5.94. The van der Waals surface area contributed by atoms with Crippen molar-refractivity contribution in [1.29, 1.82) is 0 Å². The lowest BCUT2D eigenvalue weighted by Crippen LogP contribution is -2.08. The molecule has 0 aliphatic rings. The Bertz CT molecular complexity index is 765. The molecule has 3 nitrogen and oxygen atoms in total. The number of nitrogens with zero attached hydrogens (tertiary/aromatic N) is 1. The topological polar surface area (TPSA) is 26.2 Å². The van der Waals surface area contributed by atoms with Crippen LogP contribution in [0.15, 0.2) is 66.9 Å². The van der Waals surface area contributed by atoms with Crippen molar-refractivity contribution in [3.05, 3.63) is 83.1 Å². The molecule has 0 aliphatic carbocycles. The second kappa shape index (κ2) is 7.25. The van der Waals surface area contributed by atoms with Gasteiger partial charge >= 0.3 is 0 Å². The van der Waals surface area contributed by atoms with Crippen molar-refractivity contribution in [1.82, 2.24) is 4.57 Å². The van der Waals surface area contributed by atoms with E-state index < -0.39 is 0 Å². The summed E-state index contributed by atoms with van der Waals surface area (Å²) < 4.78 is 7.60. The summed E-state index contributed by atoms with van der Waals surface area (Å²) in [5.74, 6) is 0.850. The molecule has 2 aromatic carbocycles. The van der Waals surface area contributed by atoms with E-state index in [9.17, 15) is 0 Å². The van der Waals surface area contributed by atoms with Crippen molar-refractivity contribution in [2.75, 3.05) is 12.4 Å². The first-order valence-electron chi connectivity index (χ1n) is 7.51. The number of nitrogens with one attached hydrogen (secondary N) is 1. The van der Waals surface area contributed by atoms with Crippen molar-refractivity contribution < 1.29 is 4.74 Å². The Morgan fingerprint density at radius 1 is 1.00 bits per heavy atom. The number of hydrogen-bond donors (Lipinski definition) is 1. The van der Waals surface area contributed by atoms with Crippen LogP contribution in [-0.2, 0) is 13.1 Å². The van der Waals surface area contributed by atoms with Crippen molar-refractivity contribution in [3.63, 3.8) is 0 Å². The molecule has 118 valence electrons. The molecule has 0 radical (unpaired) electrons. The molecule has 0 fully saturated rings. The first kappa shape index (κ1) is 15.5. The number of methoxy groups -OCH3 is 1. The molecule has 0 unspecified atom stereocenters. The van der Waals surface area contributed by atoms with E-state index in [0.717, 1.165) is 29.5 Å². The molecule has 0 saturated heterocycles. The molecule has 1 N–H and O–H groups in total. The van der Waals surface area contributed by atoms with Gasteiger partial charge in [0.15, 0.2) is 0 Å². The van der Waals surface area contributed by atoms with Crippen LogP contribution in [0.5, 0.6) is 5.75 Å². The maximum atomic E-state index is 5.94. The lowest BCUT2D eigenvalue weighted by molar-refractivity contribution is 0.416. The average molecular weight is 327 g/mol. The molecule has 0 spiro atoms. The van der Waals surface area contributed by atoms with Crippen LogP contribution < -0.4 is 10.1 Å². The number of aromatic nitrogens is 1. The number of para-hydroxylation sites is 2. The van der Waals surface area contributed by atoms with Crippen LogP contribution in [0.2, 0.25) is 5.02 Å². The van der Waals surface area contributed by atoms with Crippen LogP contribution in [0.4, 0.5) is 5.69 Å². The van der Waals surface area contributed by atoms with Gasteiger partial charge in [-0.25, -0.2) is 0 Å². The highest BCUT2D eigenvalue weighted by Gasteiger charge is 2.05. The van der Waals surface area contributed by atoms with Crippen LogP contribution in [-0.4, -0.2) is 11.7 Å². The lowest BCUT2D eigenvalue weighted by atomic mass is 10.2. The molecule has 3 rings (SSSR count). The quantitative estimate of drug-likeness (QED) is 0.703. The van der Waals surface area contributed by atoms with E-state index in [1.165, 1.54) is 11.3 Å². The minimum Gasteiger partial charge on any atom is -0.495 e. The molecule has 0 atom stereocenters. The standard InChI is InChI=1S/C19H19ClN2O/c1-23-19-7-3-2-6-18(19)21-13-17-5-4-12-22(17)14-15-8-10-16(20)11-9-15/h2-12,21H,13-14H2,1H3. The van der Waals surface area contributed by atoms with Crippen molar-refractivity contribution in [3.8, 4) is 5.75 Å². The van der Waals surface area contributed by atoms with Crippen LogP contribution in [0.3, 0.4) is 0 Å². The SMILES string of the molecule is COc1ccccc1NCc1cccn1Cc1ccc(Cl)cc1. The third kappa shape index (κ3) is 3.88. The predicted octanol–water partition coefficient (Wildman–Crippen LogP) is 4.81. The normalized spacial score (nSPS) is 10.5. The number of halogens is 1. The summed E-state index contributed by atoms with van der Waals surface area (Å²) in [6.07, 6.45) is 2.09. The summed E-state index contributed by atoms with van der Waals surface area (Å²) in [5, 5.41) is 4.20. The molecule has 0 saturated carbocycles. The zero-order valence-corrected chi connectivity index (χ0v) is 13.8. The Balaban J connectivity index is 1.70. The summed E-state index contributed by atoms with van der Waals surface area (Å²) in [7, 11) is 1.68. The van der Waals surface area contributed by atoms with Gasteiger partial charge in [-0.05, 0) is 42.0 Å². The molecule has 0 aliphatic heterocycles. The fourth-order valence-corrected chi connectivity index (χ4v) is 2.65. The molecule has 4 heteroatoms. The minimum absolute atomic E-state index is 0.737. The van der Waals surface area contributed by atoms with Gasteiger partial charge < -0.3 is 14.6 Å². The highest BCUT2D eigenvalue weighted by Crippen LogP contribution is 2.23. The fourth-order valence-electron chi connectivity index (χ4n) is 2.53. The maximum Gasteiger partial charge on any atom is 0.141 e. The molecule has 1 heterocycles. The van der Waals surface area contributed by atoms with E-state index in [4.69, 9.17) is 16.3 Å². The second-order valence-corrected chi connectivity index (χ2v) is 5.74. The molecule has 1 aromatic heterocycles. The van der Waals surface area contributed by atoms with Gasteiger partial charge in [0.05, 0.1) is 19.3 Å². The highest BCUT2D eigenvalue weighted by atomic mass is 35.5. The maximum absolute atomic E-state index is 5.94. The van der Waals surface area contributed by atoms with Crippen LogP contribution in [0, 0.1) is 0 Å². The van der Waals surface area contributed by atoms with E-state index in [1.54, 1.807) is 7.11 Å². The van der Waals surface area contributed by atoms with Gasteiger partial charge in [0.2, 0.25) is 0 Å². The zero-order valence-electron chi connectivity index (χ0n) is 13.0. The van der Waals surface area contributed by atoms with Gasteiger partial charge in [-0.1, -0.05) is 35.9 Å². The number of benzene rings is 2. The Hall–Kier alpha value is -2.39. The second-order valence-electron chi connectivity index (χ2n) is 5.31. The predicted molar refractivity (Wildman–Crippen MR) is 95.3 cm³/mol. The van der Waals surface area contributed by atoms with Gasteiger partial charge in [-0.15, -0.1) is 0 Å². The first-order chi connectivity index (χ1) is 11.3. The number of rotatable bonds is 6. The van der Waals surface area contributed by atoms with Gasteiger partial charge in [0.1, 0.15) is 5.75 Å². The smallest absolute Gasteiger partial charge is 0.141 e. The minimum atomic E-state index is 0.737. The van der Waals surface area contributed by atoms with E-state index in [1.807, 2.05) is 36.4 Å². The van der Waals surface area contributed by atoms with Crippen molar-refractivity contribution >= 4 is 17.3 Å². The zero-order chi connectivity index (χ0) is 16.1. The van der Waals surface area contributed by atoms with Crippen LogP contribution in [0.25, 0.3) is 0 Å². The van der Waals surface area contributed by atoms with Crippen LogP contribution in [0.1, 0.15) is 11.3 Å². The van der Waals surface area contributed by atoms with Gasteiger partial charge in [0.25, 0.3) is 0 Å². The van der Waals surface area contributed by atoms with E-state index in [2.05, 4.69) is 40.3 Å². The van der Waals surface area contributed by atoms with E-state index >= 15 is 0 Å². The number of anilines is 1. The molecular formula is C19H19ClN2O. The van der Waals surface area contributed by atoms with Gasteiger partial charge in [-0.3, -0.25) is 0 Å². The number of hydrogen-bond acceptors (Lipinski definition) is 2.